The highest BCUT2D eigenvalue weighted by atomic mass is 16.5. The molecule has 1 saturated heterocycles. The summed E-state index contributed by atoms with van der Waals surface area (Å²) in [6, 6.07) is 11.5. The third-order valence-electron chi connectivity index (χ3n) is 6.67. The first-order chi connectivity index (χ1) is 16.0. The first-order valence-corrected chi connectivity index (χ1v) is 10.9. The number of aryl methyl sites for hydroxylation is 1. The van der Waals surface area contributed by atoms with Crippen molar-refractivity contribution in [3.8, 4) is 34.3 Å². The van der Waals surface area contributed by atoms with E-state index in [2.05, 4.69) is 11.2 Å². The van der Waals surface area contributed by atoms with Crippen LogP contribution in [0.4, 0.5) is 0 Å². The second kappa shape index (κ2) is 8.03. The number of methoxy groups -OCH3 is 3. The highest BCUT2D eigenvalue weighted by molar-refractivity contribution is 5.98. The molecule has 2 aliphatic heterocycles. The van der Waals surface area contributed by atoms with Crippen LogP contribution in [-0.4, -0.2) is 55.0 Å². The normalized spacial score (nSPS) is 15.9. The van der Waals surface area contributed by atoms with E-state index in [0.717, 1.165) is 22.6 Å². The standard InChI is InChI=1S/C25H27N3O5/c1-27-21-16-7-5-6-8-19(16)33-25(18(21)15-26-27)11-13-28(14-12-25)24(29)17-9-10-20(30-2)23(32-4)22(17)31-3/h5-10,15H,11-14H2,1-4H3. The van der Waals surface area contributed by atoms with Gasteiger partial charge in [-0.1, -0.05) is 12.1 Å². The molecular formula is C25H27N3O5. The Hall–Kier alpha value is -3.68. The van der Waals surface area contributed by atoms with Gasteiger partial charge in [0.15, 0.2) is 11.5 Å². The summed E-state index contributed by atoms with van der Waals surface area (Å²) < 4.78 is 24.8. The Kier molecular flexibility index (Phi) is 5.15. The molecule has 3 aromatic rings. The van der Waals surface area contributed by atoms with Crippen molar-refractivity contribution in [3.05, 3.63) is 53.7 Å². The van der Waals surface area contributed by atoms with Gasteiger partial charge in [-0.3, -0.25) is 9.48 Å². The maximum absolute atomic E-state index is 13.5. The molecule has 8 heteroatoms. The van der Waals surface area contributed by atoms with E-state index in [4.69, 9.17) is 18.9 Å². The number of carbonyl (C=O) groups is 1. The Balaban J connectivity index is 1.43. The third-order valence-corrected chi connectivity index (χ3v) is 6.67. The molecule has 172 valence electrons. The van der Waals surface area contributed by atoms with Gasteiger partial charge in [0.2, 0.25) is 5.75 Å². The SMILES string of the molecule is COc1ccc(C(=O)N2CCC3(CC2)Oc2ccccc2-c2c3cnn2C)c(OC)c1OC. The van der Waals surface area contributed by atoms with Crippen molar-refractivity contribution in [2.24, 2.45) is 7.05 Å². The number of hydrogen-bond acceptors (Lipinski definition) is 6. The Morgan fingerprint density at radius 3 is 2.42 bits per heavy atom. The van der Waals surface area contributed by atoms with Gasteiger partial charge in [-0.15, -0.1) is 0 Å². The van der Waals surface area contributed by atoms with Crippen molar-refractivity contribution in [2.75, 3.05) is 34.4 Å². The van der Waals surface area contributed by atoms with E-state index in [1.54, 1.807) is 19.2 Å². The Morgan fingerprint density at radius 1 is 1.00 bits per heavy atom. The smallest absolute Gasteiger partial charge is 0.257 e. The molecule has 1 aromatic heterocycles. The van der Waals surface area contributed by atoms with Gasteiger partial charge in [0, 0.05) is 44.1 Å². The van der Waals surface area contributed by atoms with Gasteiger partial charge in [-0.2, -0.15) is 5.10 Å². The summed E-state index contributed by atoms with van der Waals surface area (Å²) in [5, 5.41) is 4.52. The Labute approximate surface area is 192 Å². The lowest BCUT2D eigenvalue weighted by molar-refractivity contribution is -0.00181. The number of benzene rings is 2. The number of carbonyl (C=O) groups excluding carboxylic acids is 1. The fraction of sp³-hybridized carbons (Fsp3) is 0.360. The second-order valence-electron chi connectivity index (χ2n) is 8.30. The van der Waals surface area contributed by atoms with E-state index >= 15 is 0 Å². The van der Waals surface area contributed by atoms with Crippen molar-refractivity contribution in [2.45, 2.75) is 18.4 Å². The minimum atomic E-state index is -0.504. The molecule has 0 saturated carbocycles. The minimum Gasteiger partial charge on any atom is -0.493 e. The number of ether oxygens (including phenoxy) is 4. The van der Waals surface area contributed by atoms with Gasteiger partial charge in [-0.05, 0) is 24.3 Å². The van der Waals surface area contributed by atoms with Crippen molar-refractivity contribution < 1.29 is 23.7 Å². The number of piperidine rings is 1. The molecule has 1 fully saturated rings. The van der Waals surface area contributed by atoms with Crippen LogP contribution in [0, 0.1) is 0 Å². The van der Waals surface area contributed by atoms with E-state index in [1.165, 1.54) is 14.2 Å². The van der Waals surface area contributed by atoms with Crippen molar-refractivity contribution in [1.82, 2.24) is 14.7 Å². The predicted molar refractivity (Wildman–Crippen MR) is 122 cm³/mol. The fourth-order valence-corrected chi connectivity index (χ4v) is 4.99. The lowest BCUT2D eigenvalue weighted by Crippen LogP contribution is -2.49. The lowest BCUT2D eigenvalue weighted by atomic mass is 9.81. The molecule has 2 aromatic carbocycles. The Morgan fingerprint density at radius 2 is 1.73 bits per heavy atom. The quantitative estimate of drug-likeness (QED) is 0.606. The summed E-state index contributed by atoms with van der Waals surface area (Å²) in [6.45, 7) is 1.10. The average Bonchev–Trinajstić information content (AvgIpc) is 3.25. The molecule has 8 nitrogen and oxygen atoms in total. The number of nitrogens with zero attached hydrogens (tertiary/aromatic N) is 3. The zero-order valence-corrected chi connectivity index (χ0v) is 19.3. The highest BCUT2D eigenvalue weighted by Gasteiger charge is 2.46. The summed E-state index contributed by atoms with van der Waals surface area (Å²) in [6.07, 6.45) is 3.24. The molecule has 3 heterocycles. The van der Waals surface area contributed by atoms with Crippen LogP contribution in [0.25, 0.3) is 11.3 Å². The van der Waals surface area contributed by atoms with Crippen LogP contribution in [0.1, 0.15) is 28.8 Å². The van der Waals surface area contributed by atoms with Gasteiger partial charge >= 0.3 is 0 Å². The lowest BCUT2D eigenvalue weighted by Gasteiger charge is -2.44. The summed E-state index contributed by atoms with van der Waals surface area (Å²) >= 11 is 0. The van der Waals surface area contributed by atoms with Gasteiger partial charge in [-0.25, -0.2) is 0 Å². The van der Waals surface area contributed by atoms with Crippen molar-refractivity contribution in [3.63, 3.8) is 0 Å². The molecule has 0 unspecified atom stereocenters. The molecule has 1 spiro atoms. The molecule has 0 N–H and O–H groups in total. The van der Waals surface area contributed by atoms with Gasteiger partial charge in [0.05, 0.1) is 38.8 Å². The van der Waals surface area contributed by atoms with Crippen LogP contribution in [0.5, 0.6) is 23.0 Å². The summed E-state index contributed by atoms with van der Waals surface area (Å²) in [7, 11) is 6.56. The summed E-state index contributed by atoms with van der Waals surface area (Å²) in [4.78, 5) is 15.3. The molecule has 0 aliphatic carbocycles. The maximum Gasteiger partial charge on any atom is 0.257 e. The van der Waals surface area contributed by atoms with E-state index < -0.39 is 5.60 Å². The second-order valence-corrected chi connectivity index (χ2v) is 8.30. The van der Waals surface area contributed by atoms with Gasteiger partial charge in [0.25, 0.3) is 5.91 Å². The number of amides is 1. The fourth-order valence-electron chi connectivity index (χ4n) is 4.99. The largest absolute Gasteiger partial charge is 0.493 e. The monoisotopic (exact) mass is 449 g/mol. The number of fused-ring (bicyclic) bond motifs is 4. The number of likely N-dealkylation sites (tertiary alicyclic amines) is 1. The van der Waals surface area contributed by atoms with Crippen LogP contribution in [0.3, 0.4) is 0 Å². The first-order valence-electron chi connectivity index (χ1n) is 10.9. The van der Waals surface area contributed by atoms with E-state index in [0.29, 0.717) is 48.7 Å². The molecular weight excluding hydrogens is 422 g/mol. The Bertz CT molecular complexity index is 1210. The summed E-state index contributed by atoms with van der Waals surface area (Å²) in [5.41, 5.74) is 3.16. The number of aromatic nitrogens is 2. The maximum atomic E-state index is 13.5. The van der Waals surface area contributed by atoms with Crippen LogP contribution in [0.15, 0.2) is 42.6 Å². The summed E-state index contributed by atoms with van der Waals surface area (Å²) in [5.74, 6) is 2.05. The molecule has 0 atom stereocenters. The minimum absolute atomic E-state index is 0.106. The van der Waals surface area contributed by atoms with Crippen LogP contribution < -0.4 is 18.9 Å². The number of para-hydroxylation sites is 1. The molecule has 0 radical (unpaired) electrons. The molecule has 2 aliphatic rings. The zero-order valence-electron chi connectivity index (χ0n) is 19.3. The van der Waals surface area contributed by atoms with Crippen molar-refractivity contribution in [1.29, 1.82) is 0 Å². The molecule has 0 bridgehead atoms. The van der Waals surface area contributed by atoms with Gasteiger partial charge < -0.3 is 23.8 Å². The van der Waals surface area contributed by atoms with E-state index in [9.17, 15) is 4.79 Å². The number of hydrogen-bond donors (Lipinski definition) is 0. The topological polar surface area (TPSA) is 75.0 Å². The van der Waals surface area contributed by atoms with E-state index in [-0.39, 0.29) is 5.91 Å². The first kappa shape index (κ1) is 21.2. The third kappa shape index (κ3) is 3.20. The zero-order chi connectivity index (χ0) is 23.2. The molecule has 5 rings (SSSR count). The van der Waals surface area contributed by atoms with Crippen LogP contribution in [0.2, 0.25) is 0 Å². The van der Waals surface area contributed by atoms with Crippen LogP contribution >= 0.6 is 0 Å². The van der Waals surface area contributed by atoms with Crippen molar-refractivity contribution >= 4 is 5.91 Å². The predicted octanol–water partition coefficient (Wildman–Crippen LogP) is 3.64. The average molecular weight is 450 g/mol. The van der Waals surface area contributed by atoms with Gasteiger partial charge in [0.1, 0.15) is 11.4 Å². The number of rotatable bonds is 4. The molecule has 33 heavy (non-hydrogen) atoms. The van der Waals surface area contributed by atoms with E-state index in [1.807, 2.05) is 41.0 Å². The molecule has 1 amide bonds. The highest BCUT2D eigenvalue weighted by Crippen LogP contribution is 2.49. The van der Waals surface area contributed by atoms with Crippen LogP contribution in [-0.2, 0) is 12.6 Å².